The molecule has 0 saturated carbocycles. The molecule has 0 amide bonds. The molecular formula is C15H20IN5O2. The number of aliphatic imine (C=N–C) groups is 1. The standard InChI is InChI=1S/C15H19N5O2.HI/c1-20-6-5-12(19-20)10-17-15(16)18-11-3-4-13-14(9-11)22-8-2-7-21-13;/h3-6,9H,2,7-8,10H2,1H3,(H3,16,17,18);1H. The second-order valence-electron chi connectivity index (χ2n) is 5.02. The van der Waals surface area contributed by atoms with Crippen LogP contribution in [0, 0.1) is 0 Å². The van der Waals surface area contributed by atoms with Crippen molar-refractivity contribution >= 4 is 35.6 Å². The predicted octanol–water partition coefficient (Wildman–Crippen LogP) is 2.13. The summed E-state index contributed by atoms with van der Waals surface area (Å²) in [6.45, 7) is 1.76. The number of aryl methyl sites for hydroxylation is 1. The molecule has 1 aliphatic heterocycles. The van der Waals surface area contributed by atoms with Crippen LogP contribution in [0.3, 0.4) is 0 Å². The summed E-state index contributed by atoms with van der Waals surface area (Å²) in [6.07, 6.45) is 2.75. The number of fused-ring (bicyclic) bond motifs is 1. The van der Waals surface area contributed by atoms with Crippen LogP contribution in [-0.2, 0) is 13.6 Å². The van der Waals surface area contributed by atoms with Crippen LogP contribution in [0.4, 0.5) is 5.69 Å². The number of nitrogens with two attached hydrogens (primary N) is 1. The van der Waals surface area contributed by atoms with E-state index in [1.807, 2.05) is 37.5 Å². The molecule has 1 aliphatic rings. The lowest BCUT2D eigenvalue weighted by molar-refractivity contribution is 0.297. The summed E-state index contributed by atoms with van der Waals surface area (Å²) in [6, 6.07) is 7.53. The van der Waals surface area contributed by atoms with E-state index in [-0.39, 0.29) is 24.0 Å². The molecule has 0 aliphatic carbocycles. The van der Waals surface area contributed by atoms with Crippen LogP contribution in [0.25, 0.3) is 0 Å². The third-order valence-corrected chi connectivity index (χ3v) is 3.20. The maximum Gasteiger partial charge on any atom is 0.193 e. The number of rotatable bonds is 3. The maximum absolute atomic E-state index is 5.90. The van der Waals surface area contributed by atoms with E-state index in [0.717, 1.165) is 29.3 Å². The number of ether oxygens (including phenoxy) is 2. The van der Waals surface area contributed by atoms with Crippen LogP contribution in [0.5, 0.6) is 11.5 Å². The second kappa shape index (κ2) is 8.04. The Hall–Kier alpha value is -1.97. The van der Waals surface area contributed by atoms with E-state index in [9.17, 15) is 0 Å². The summed E-state index contributed by atoms with van der Waals surface area (Å²) in [7, 11) is 1.87. The highest BCUT2D eigenvalue weighted by atomic mass is 127. The molecule has 124 valence electrons. The van der Waals surface area contributed by atoms with E-state index < -0.39 is 0 Å². The molecule has 0 fully saturated rings. The summed E-state index contributed by atoms with van der Waals surface area (Å²) in [4.78, 5) is 4.27. The quantitative estimate of drug-likeness (QED) is 0.444. The van der Waals surface area contributed by atoms with E-state index >= 15 is 0 Å². The summed E-state index contributed by atoms with van der Waals surface area (Å²) in [5.41, 5.74) is 7.58. The van der Waals surface area contributed by atoms with Crippen molar-refractivity contribution in [3.8, 4) is 11.5 Å². The maximum atomic E-state index is 5.90. The first-order valence-electron chi connectivity index (χ1n) is 7.16. The van der Waals surface area contributed by atoms with Crippen molar-refractivity contribution < 1.29 is 9.47 Å². The molecule has 23 heavy (non-hydrogen) atoms. The third-order valence-electron chi connectivity index (χ3n) is 3.20. The number of nitrogens with one attached hydrogen (secondary N) is 1. The molecule has 3 N–H and O–H groups in total. The van der Waals surface area contributed by atoms with Gasteiger partial charge in [-0.1, -0.05) is 0 Å². The van der Waals surface area contributed by atoms with E-state index in [0.29, 0.717) is 25.7 Å². The molecule has 1 aromatic heterocycles. The Kier molecular flexibility index (Phi) is 6.08. The molecule has 2 heterocycles. The fourth-order valence-electron chi connectivity index (χ4n) is 2.14. The number of aromatic nitrogens is 2. The van der Waals surface area contributed by atoms with E-state index in [1.165, 1.54) is 0 Å². The Bertz CT molecular complexity index is 686. The normalized spacial score (nSPS) is 13.9. The smallest absolute Gasteiger partial charge is 0.193 e. The summed E-state index contributed by atoms with van der Waals surface area (Å²) >= 11 is 0. The van der Waals surface area contributed by atoms with Crippen LogP contribution >= 0.6 is 24.0 Å². The monoisotopic (exact) mass is 429 g/mol. The van der Waals surface area contributed by atoms with Gasteiger partial charge in [-0.2, -0.15) is 5.10 Å². The number of hydrogen-bond donors (Lipinski definition) is 2. The Balaban J connectivity index is 0.00000192. The highest BCUT2D eigenvalue weighted by Crippen LogP contribution is 2.32. The predicted molar refractivity (Wildman–Crippen MR) is 99.6 cm³/mol. The van der Waals surface area contributed by atoms with Gasteiger partial charge in [-0.05, 0) is 18.2 Å². The zero-order valence-corrected chi connectivity index (χ0v) is 15.2. The minimum absolute atomic E-state index is 0. The van der Waals surface area contributed by atoms with Crippen LogP contribution in [0.1, 0.15) is 12.1 Å². The highest BCUT2D eigenvalue weighted by Gasteiger charge is 2.10. The van der Waals surface area contributed by atoms with Gasteiger partial charge in [0.05, 0.1) is 25.5 Å². The zero-order chi connectivity index (χ0) is 15.4. The Morgan fingerprint density at radius 1 is 1.30 bits per heavy atom. The van der Waals surface area contributed by atoms with Gasteiger partial charge in [-0.25, -0.2) is 4.99 Å². The van der Waals surface area contributed by atoms with Gasteiger partial charge in [0.1, 0.15) is 0 Å². The lowest BCUT2D eigenvalue weighted by Crippen LogP contribution is -2.22. The largest absolute Gasteiger partial charge is 0.490 e. The van der Waals surface area contributed by atoms with Gasteiger partial charge in [0.15, 0.2) is 17.5 Å². The number of anilines is 1. The van der Waals surface area contributed by atoms with Crippen molar-refractivity contribution in [2.75, 3.05) is 18.5 Å². The van der Waals surface area contributed by atoms with Gasteiger partial charge < -0.3 is 20.5 Å². The molecule has 0 bridgehead atoms. The number of guanidine groups is 1. The molecule has 8 heteroatoms. The molecule has 0 radical (unpaired) electrons. The summed E-state index contributed by atoms with van der Waals surface area (Å²) < 4.78 is 13.0. The van der Waals surface area contributed by atoms with Crippen molar-refractivity contribution in [3.63, 3.8) is 0 Å². The number of halogens is 1. The Morgan fingerprint density at radius 3 is 2.83 bits per heavy atom. The highest BCUT2D eigenvalue weighted by molar-refractivity contribution is 14.0. The fourth-order valence-corrected chi connectivity index (χ4v) is 2.14. The fraction of sp³-hybridized carbons (Fsp3) is 0.333. The SMILES string of the molecule is Cn1ccc(CN=C(N)Nc2ccc3c(c2)OCCCO3)n1.I. The molecule has 1 aromatic carbocycles. The lowest BCUT2D eigenvalue weighted by Gasteiger charge is -2.10. The van der Waals surface area contributed by atoms with Crippen molar-refractivity contribution in [2.45, 2.75) is 13.0 Å². The molecule has 0 spiro atoms. The molecule has 0 unspecified atom stereocenters. The zero-order valence-electron chi connectivity index (χ0n) is 12.9. The minimum atomic E-state index is 0. The average Bonchev–Trinajstić information content (AvgIpc) is 2.78. The molecule has 0 atom stereocenters. The van der Waals surface area contributed by atoms with Gasteiger partial charge in [0, 0.05) is 31.4 Å². The third kappa shape index (κ3) is 4.75. The number of benzene rings is 1. The average molecular weight is 429 g/mol. The van der Waals surface area contributed by atoms with Crippen molar-refractivity contribution in [3.05, 3.63) is 36.2 Å². The van der Waals surface area contributed by atoms with Crippen LogP contribution in [-0.4, -0.2) is 29.0 Å². The van der Waals surface area contributed by atoms with Crippen LogP contribution in [0.15, 0.2) is 35.5 Å². The molecule has 2 aromatic rings. The second-order valence-corrected chi connectivity index (χ2v) is 5.02. The first-order valence-corrected chi connectivity index (χ1v) is 7.16. The lowest BCUT2D eigenvalue weighted by atomic mass is 10.3. The van der Waals surface area contributed by atoms with Gasteiger partial charge in [0.25, 0.3) is 0 Å². The number of nitrogens with zero attached hydrogens (tertiary/aromatic N) is 3. The van der Waals surface area contributed by atoms with Gasteiger partial charge >= 0.3 is 0 Å². The molecule has 3 rings (SSSR count). The summed E-state index contributed by atoms with van der Waals surface area (Å²) in [5, 5.41) is 7.29. The van der Waals surface area contributed by atoms with Crippen LogP contribution in [0.2, 0.25) is 0 Å². The van der Waals surface area contributed by atoms with E-state index in [4.69, 9.17) is 15.2 Å². The Morgan fingerprint density at radius 2 is 2.09 bits per heavy atom. The number of hydrogen-bond acceptors (Lipinski definition) is 4. The first-order chi connectivity index (χ1) is 10.7. The van der Waals surface area contributed by atoms with Gasteiger partial charge in [-0.3, -0.25) is 4.68 Å². The van der Waals surface area contributed by atoms with E-state index in [1.54, 1.807) is 4.68 Å². The van der Waals surface area contributed by atoms with Crippen LogP contribution < -0.4 is 20.5 Å². The topological polar surface area (TPSA) is 86.7 Å². The van der Waals surface area contributed by atoms with Crippen molar-refractivity contribution in [1.29, 1.82) is 0 Å². The van der Waals surface area contributed by atoms with E-state index in [2.05, 4.69) is 15.4 Å². The van der Waals surface area contributed by atoms with Crippen molar-refractivity contribution in [1.82, 2.24) is 9.78 Å². The van der Waals surface area contributed by atoms with Gasteiger partial charge in [0.2, 0.25) is 0 Å². The van der Waals surface area contributed by atoms with Gasteiger partial charge in [-0.15, -0.1) is 24.0 Å². The minimum Gasteiger partial charge on any atom is -0.490 e. The Labute approximate surface area is 151 Å². The summed E-state index contributed by atoms with van der Waals surface area (Å²) in [5.74, 6) is 1.81. The molecular weight excluding hydrogens is 409 g/mol. The molecule has 7 nitrogen and oxygen atoms in total. The first kappa shape index (κ1) is 17.4. The molecule has 0 saturated heterocycles. The van der Waals surface area contributed by atoms with Crippen molar-refractivity contribution in [2.24, 2.45) is 17.8 Å².